The molecule has 0 spiro atoms. The fraction of sp³-hybridized carbons (Fsp3) is 0.579. The Morgan fingerprint density at radius 3 is 2.46 bits per heavy atom. The van der Waals surface area contributed by atoms with E-state index in [9.17, 15) is 4.79 Å². The van der Waals surface area contributed by atoms with Crippen molar-refractivity contribution in [2.24, 2.45) is 5.92 Å². The van der Waals surface area contributed by atoms with Crippen LogP contribution in [0.25, 0.3) is 0 Å². The minimum Gasteiger partial charge on any atom is -0.352 e. The van der Waals surface area contributed by atoms with Gasteiger partial charge in [0.05, 0.1) is 11.6 Å². The maximum Gasteiger partial charge on any atom is 0.251 e. The van der Waals surface area contributed by atoms with Crippen molar-refractivity contribution in [1.29, 1.82) is 5.26 Å². The highest BCUT2D eigenvalue weighted by molar-refractivity contribution is 7.99. The first kappa shape index (κ1) is 17.3. The third-order valence-corrected chi connectivity index (χ3v) is 6.23. The van der Waals surface area contributed by atoms with E-state index in [1.165, 1.54) is 50.3 Å². The van der Waals surface area contributed by atoms with E-state index in [4.69, 9.17) is 5.26 Å². The molecule has 0 unspecified atom stereocenters. The first-order valence-corrected chi connectivity index (χ1v) is 10.0. The second kappa shape index (κ2) is 8.55. The van der Waals surface area contributed by atoms with Crippen LogP contribution < -0.4 is 5.32 Å². The number of likely N-dealkylation sites (tertiary alicyclic amines) is 1. The molecule has 3 rings (SSSR count). The molecule has 5 heteroatoms. The molecule has 2 saturated heterocycles. The zero-order valence-corrected chi connectivity index (χ0v) is 14.9. The second-order valence-electron chi connectivity index (χ2n) is 6.72. The largest absolute Gasteiger partial charge is 0.352 e. The van der Waals surface area contributed by atoms with Crippen LogP contribution in [-0.4, -0.2) is 48.0 Å². The van der Waals surface area contributed by atoms with Gasteiger partial charge in [0.2, 0.25) is 0 Å². The van der Waals surface area contributed by atoms with E-state index >= 15 is 0 Å². The van der Waals surface area contributed by atoms with Crippen molar-refractivity contribution in [3.8, 4) is 6.07 Å². The van der Waals surface area contributed by atoms with E-state index in [-0.39, 0.29) is 5.91 Å². The first-order valence-electron chi connectivity index (χ1n) is 8.86. The lowest BCUT2D eigenvalue weighted by Crippen LogP contribution is -2.45. The van der Waals surface area contributed by atoms with Gasteiger partial charge in [-0.2, -0.15) is 17.0 Å². The van der Waals surface area contributed by atoms with E-state index < -0.39 is 0 Å². The Hall–Kier alpha value is -1.51. The Kier molecular flexibility index (Phi) is 6.17. The molecule has 2 fully saturated rings. The molecule has 0 radical (unpaired) electrons. The number of rotatable bonds is 4. The monoisotopic (exact) mass is 343 g/mol. The van der Waals surface area contributed by atoms with Crippen molar-refractivity contribution in [2.45, 2.75) is 31.7 Å². The quantitative estimate of drug-likeness (QED) is 0.913. The van der Waals surface area contributed by atoms with Crippen LogP contribution in [0.3, 0.4) is 0 Å². The first-order chi connectivity index (χ1) is 11.8. The zero-order valence-electron chi connectivity index (χ0n) is 14.0. The van der Waals surface area contributed by atoms with Crippen molar-refractivity contribution >= 4 is 17.7 Å². The number of piperidine rings is 1. The molecular formula is C19H25N3OS. The van der Waals surface area contributed by atoms with Gasteiger partial charge in [-0.05, 0) is 80.5 Å². The van der Waals surface area contributed by atoms with Gasteiger partial charge in [-0.1, -0.05) is 0 Å². The smallest absolute Gasteiger partial charge is 0.251 e. The Morgan fingerprint density at radius 1 is 1.17 bits per heavy atom. The van der Waals surface area contributed by atoms with Gasteiger partial charge >= 0.3 is 0 Å². The van der Waals surface area contributed by atoms with Gasteiger partial charge in [0.25, 0.3) is 5.91 Å². The lowest BCUT2D eigenvalue weighted by Gasteiger charge is -2.39. The molecule has 1 aromatic carbocycles. The maximum absolute atomic E-state index is 12.2. The molecule has 4 nitrogen and oxygen atoms in total. The highest BCUT2D eigenvalue weighted by Crippen LogP contribution is 2.26. The summed E-state index contributed by atoms with van der Waals surface area (Å²) in [6.07, 6.45) is 5.03. The summed E-state index contributed by atoms with van der Waals surface area (Å²) >= 11 is 2.08. The van der Waals surface area contributed by atoms with E-state index in [0.29, 0.717) is 17.0 Å². The molecule has 1 amide bonds. The average Bonchev–Trinajstić information content (AvgIpc) is 2.67. The molecule has 24 heavy (non-hydrogen) atoms. The van der Waals surface area contributed by atoms with Crippen LogP contribution in [0.15, 0.2) is 24.3 Å². The number of amides is 1. The highest BCUT2D eigenvalue weighted by atomic mass is 32.2. The van der Waals surface area contributed by atoms with Gasteiger partial charge in [0, 0.05) is 18.2 Å². The number of nitriles is 1. The summed E-state index contributed by atoms with van der Waals surface area (Å²) < 4.78 is 0. The van der Waals surface area contributed by atoms with Crippen molar-refractivity contribution in [3.63, 3.8) is 0 Å². The lowest BCUT2D eigenvalue weighted by atomic mass is 9.94. The predicted molar refractivity (Wildman–Crippen MR) is 98.1 cm³/mol. The third-order valence-electron chi connectivity index (χ3n) is 5.18. The second-order valence-corrected chi connectivity index (χ2v) is 7.95. The van der Waals surface area contributed by atoms with Gasteiger partial charge < -0.3 is 10.2 Å². The summed E-state index contributed by atoms with van der Waals surface area (Å²) in [5.41, 5.74) is 1.21. The fourth-order valence-corrected chi connectivity index (χ4v) is 4.69. The molecular weight excluding hydrogens is 318 g/mol. The van der Waals surface area contributed by atoms with Gasteiger partial charge in [0.15, 0.2) is 0 Å². The summed E-state index contributed by atoms with van der Waals surface area (Å²) in [5, 5.41) is 11.9. The van der Waals surface area contributed by atoms with Crippen LogP contribution in [0.2, 0.25) is 0 Å². The molecule has 2 aliphatic heterocycles. The number of carbonyl (C=O) groups excluding carboxylic acids is 1. The van der Waals surface area contributed by atoms with Crippen LogP contribution in [0.5, 0.6) is 0 Å². The minimum atomic E-state index is -0.0359. The van der Waals surface area contributed by atoms with Gasteiger partial charge in [-0.25, -0.2) is 0 Å². The van der Waals surface area contributed by atoms with Gasteiger partial charge in [-0.15, -0.1) is 0 Å². The predicted octanol–water partition coefficient (Wildman–Crippen LogP) is 2.90. The van der Waals surface area contributed by atoms with E-state index in [1.54, 1.807) is 24.3 Å². The Bertz CT molecular complexity index is 582. The topological polar surface area (TPSA) is 56.1 Å². The SMILES string of the molecule is N#Cc1ccc(C(=O)NCC2CCN(C3CCSCC3)CC2)cc1. The Labute approximate surface area is 148 Å². The number of nitrogens with zero attached hydrogens (tertiary/aromatic N) is 2. The molecule has 2 heterocycles. The molecule has 128 valence electrons. The molecule has 0 saturated carbocycles. The summed E-state index contributed by atoms with van der Waals surface area (Å²) in [5.74, 6) is 3.17. The third kappa shape index (κ3) is 4.52. The number of thioether (sulfide) groups is 1. The minimum absolute atomic E-state index is 0.0359. The van der Waals surface area contributed by atoms with E-state index in [2.05, 4.69) is 28.0 Å². The normalized spacial score (nSPS) is 20.5. The summed E-state index contributed by atoms with van der Waals surface area (Å²) in [4.78, 5) is 14.9. The van der Waals surface area contributed by atoms with Crippen molar-refractivity contribution < 1.29 is 4.79 Å². The number of hydrogen-bond donors (Lipinski definition) is 1. The Morgan fingerprint density at radius 2 is 1.83 bits per heavy atom. The molecule has 0 aromatic heterocycles. The van der Waals surface area contributed by atoms with Crippen molar-refractivity contribution in [3.05, 3.63) is 35.4 Å². The standard InChI is InChI=1S/C19H25N3OS/c20-13-15-1-3-17(4-2-15)19(23)21-14-16-5-9-22(10-6-16)18-7-11-24-12-8-18/h1-4,16,18H,5-12,14H2,(H,21,23). The summed E-state index contributed by atoms with van der Waals surface area (Å²) in [7, 11) is 0. The van der Waals surface area contributed by atoms with Crippen molar-refractivity contribution in [2.75, 3.05) is 31.1 Å². The van der Waals surface area contributed by atoms with Crippen LogP contribution in [0.4, 0.5) is 0 Å². The van der Waals surface area contributed by atoms with Crippen molar-refractivity contribution in [1.82, 2.24) is 10.2 Å². The maximum atomic E-state index is 12.2. The fourth-order valence-electron chi connectivity index (χ4n) is 3.61. The molecule has 0 bridgehead atoms. The van der Waals surface area contributed by atoms with Gasteiger partial charge in [-0.3, -0.25) is 4.79 Å². The molecule has 0 atom stereocenters. The number of benzene rings is 1. The average molecular weight is 343 g/mol. The Balaban J connectivity index is 1.41. The molecule has 1 aromatic rings. The molecule has 2 aliphatic rings. The van der Waals surface area contributed by atoms with Crippen LogP contribution in [-0.2, 0) is 0 Å². The highest BCUT2D eigenvalue weighted by Gasteiger charge is 2.26. The summed E-state index contributed by atoms with van der Waals surface area (Å²) in [6, 6.07) is 9.68. The number of carbonyl (C=O) groups is 1. The van der Waals surface area contributed by atoms with E-state index in [0.717, 1.165) is 12.6 Å². The number of hydrogen-bond acceptors (Lipinski definition) is 4. The van der Waals surface area contributed by atoms with Crippen LogP contribution >= 0.6 is 11.8 Å². The van der Waals surface area contributed by atoms with Gasteiger partial charge in [0.1, 0.15) is 0 Å². The van der Waals surface area contributed by atoms with Crippen LogP contribution in [0.1, 0.15) is 41.6 Å². The number of nitrogens with one attached hydrogen (secondary N) is 1. The van der Waals surface area contributed by atoms with E-state index in [1.807, 2.05) is 0 Å². The molecule has 1 N–H and O–H groups in total. The zero-order chi connectivity index (χ0) is 16.8. The van der Waals surface area contributed by atoms with Crippen LogP contribution in [0, 0.1) is 17.2 Å². The lowest BCUT2D eigenvalue weighted by molar-refractivity contribution is 0.0920. The summed E-state index contributed by atoms with van der Waals surface area (Å²) in [6.45, 7) is 3.10. The molecule has 0 aliphatic carbocycles.